The SMILES string of the molecule is CCCCOC(=O)N1CC(Nc2cccc(CNc3cc(Cl)nc4c(C(C)C)cnn34)c2)C1. The van der Waals surface area contributed by atoms with Crippen LogP contribution in [0.1, 0.15) is 50.7 Å². The average Bonchev–Trinajstić information content (AvgIpc) is 3.19. The van der Waals surface area contributed by atoms with Gasteiger partial charge in [-0.3, -0.25) is 0 Å². The zero-order valence-electron chi connectivity index (χ0n) is 19.3. The number of nitrogens with zero attached hydrogens (tertiary/aromatic N) is 4. The quantitative estimate of drug-likeness (QED) is 0.332. The van der Waals surface area contributed by atoms with Crippen LogP contribution in [0.5, 0.6) is 0 Å². The summed E-state index contributed by atoms with van der Waals surface area (Å²) >= 11 is 6.27. The van der Waals surface area contributed by atoms with Crippen molar-refractivity contribution in [2.75, 3.05) is 30.3 Å². The second kappa shape index (κ2) is 10.3. The molecule has 3 aromatic rings. The number of hydrogen-bond acceptors (Lipinski definition) is 6. The molecule has 0 radical (unpaired) electrons. The molecular formula is C24H31ClN6O2. The molecule has 1 aromatic carbocycles. The Morgan fingerprint density at radius 3 is 2.88 bits per heavy atom. The van der Waals surface area contributed by atoms with Gasteiger partial charge in [-0.1, -0.05) is 50.9 Å². The third-order valence-corrected chi connectivity index (χ3v) is 5.92. The Bertz CT molecular complexity index is 1110. The predicted octanol–water partition coefficient (Wildman–Crippen LogP) is 5.15. The van der Waals surface area contributed by atoms with Crippen molar-refractivity contribution in [3.05, 3.63) is 52.8 Å². The summed E-state index contributed by atoms with van der Waals surface area (Å²) in [5, 5.41) is 11.9. The number of aromatic nitrogens is 3. The molecule has 1 fully saturated rings. The second-order valence-corrected chi connectivity index (χ2v) is 9.11. The fourth-order valence-corrected chi connectivity index (χ4v) is 3.98. The summed E-state index contributed by atoms with van der Waals surface area (Å²) in [6.45, 7) is 8.71. The summed E-state index contributed by atoms with van der Waals surface area (Å²) in [4.78, 5) is 18.2. The highest BCUT2D eigenvalue weighted by Crippen LogP contribution is 2.24. The van der Waals surface area contributed by atoms with Crippen molar-refractivity contribution < 1.29 is 9.53 Å². The van der Waals surface area contributed by atoms with Crippen LogP contribution in [0.4, 0.5) is 16.3 Å². The lowest BCUT2D eigenvalue weighted by Crippen LogP contribution is -2.57. The molecule has 33 heavy (non-hydrogen) atoms. The largest absolute Gasteiger partial charge is 0.449 e. The third kappa shape index (κ3) is 5.50. The van der Waals surface area contributed by atoms with Gasteiger partial charge in [0.05, 0.1) is 18.8 Å². The predicted molar refractivity (Wildman–Crippen MR) is 131 cm³/mol. The van der Waals surface area contributed by atoms with Crippen LogP contribution in [0, 0.1) is 0 Å². The summed E-state index contributed by atoms with van der Waals surface area (Å²) in [7, 11) is 0. The lowest BCUT2D eigenvalue weighted by atomic mass is 10.1. The summed E-state index contributed by atoms with van der Waals surface area (Å²) in [5.74, 6) is 1.11. The van der Waals surface area contributed by atoms with Crippen LogP contribution < -0.4 is 10.6 Å². The second-order valence-electron chi connectivity index (χ2n) is 8.72. The molecule has 4 rings (SSSR count). The smallest absolute Gasteiger partial charge is 0.409 e. The van der Waals surface area contributed by atoms with Gasteiger partial charge in [0.25, 0.3) is 0 Å². The highest BCUT2D eigenvalue weighted by molar-refractivity contribution is 6.29. The van der Waals surface area contributed by atoms with Gasteiger partial charge in [0, 0.05) is 37.0 Å². The summed E-state index contributed by atoms with van der Waals surface area (Å²) in [5.41, 5.74) is 3.98. The number of benzene rings is 1. The molecule has 1 aliphatic rings. The fraction of sp³-hybridized carbons (Fsp3) is 0.458. The van der Waals surface area contributed by atoms with E-state index in [9.17, 15) is 4.79 Å². The van der Waals surface area contributed by atoms with E-state index < -0.39 is 0 Å². The highest BCUT2D eigenvalue weighted by Gasteiger charge is 2.31. The topological polar surface area (TPSA) is 83.8 Å². The first-order valence-electron chi connectivity index (χ1n) is 11.5. The average molecular weight is 471 g/mol. The molecule has 8 nitrogen and oxygen atoms in total. The molecule has 0 saturated carbocycles. The van der Waals surface area contributed by atoms with E-state index in [0.29, 0.717) is 37.3 Å². The molecule has 2 aromatic heterocycles. The van der Waals surface area contributed by atoms with Crippen LogP contribution in [0.15, 0.2) is 36.5 Å². The standard InChI is InChI=1S/C24H31ClN6O2/c1-4-5-9-33-24(32)30-14-19(15-30)28-18-8-6-7-17(10-18)12-26-22-11-21(25)29-23-20(16(2)3)13-27-31(22)23/h6-8,10-11,13,16,19,26,28H,4-5,9,12,14-15H2,1-3H3. The number of likely N-dealkylation sites (tertiary alicyclic amines) is 1. The number of hydrogen-bond donors (Lipinski definition) is 2. The van der Waals surface area contributed by atoms with E-state index in [2.05, 4.69) is 53.6 Å². The Morgan fingerprint density at radius 1 is 1.30 bits per heavy atom. The van der Waals surface area contributed by atoms with E-state index in [-0.39, 0.29) is 12.1 Å². The number of rotatable bonds is 9. The van der Waals surface area contributed by atoms with E-state index in [1.165, 1.54) is 0 Å². The van der Waals surface area contributed by atoms with Crippen molar-refractivity contribution in [3.63, 3.8) is 0 Å². The van der Waals surface area contributed by atoms with Crippen molar-refractivity contribution in [1.82, 2.24) is 19.5 Å². The maximum absolute atomic E-state index is 12.0. The van der Waals surface area contributed by atoms with Crippen molar-refractivity contribution in [3.8, 4) is 0 Å². The summed E-state index contributed by atoms with van der Waals surface area (Å²) in [6.07, 6.45) is 3.54. The van der Waals surface area contributed by atoms with Gasteiger partial charge in [0.1, 0.15) is 11.0 Å². The van der Waals surface area contributed by atoms with E-state index in [1.54, 1.807) is 15.5 Å². The number of fused-ring (bicyclic) bond motifs is 1. The number of unbranched alkanes of at least 4 members (excludes halogenated alkanes) is 1. The van der Waals surface area contributed by atoms with Crippen molar-refractivity contribution >= 4 is 34.8 Å². The molecule has 3 heterocycles. The number of carbonyl (C=O) groups excluding carboxylic acids is 1. The Kier molecular flexibility index (Phi) is 7.23. The maximum atomic E-state index is 12.0. The van der Waals surface area contributed by atoms with Crippen molar-refractivity contribution in [2.24, 2.45) is 0 Å². The highest BCUT2D eigenvalue weighted by atomic mass is 35.5. The van der Waals surface area contributed by atoms with E-state index in [4.69, 9.17) is 16.3 Å². The first kappa shape index (κ1) is 23.2. The molecule has 0 spiro atoms. The van der Waals surface area contributed by atoms with Gasteiger partial charge in [0.2, 0.25) is 0 Å². The zero-order chi connectivity index (χ0) is 23.4. The van der Waals surface area contributed by atoms with E-state index in [1.807, 2.05) is 18.3 Å². The van der Waals surface area contributed by atoms with Gasteiger partial charge in [-0.2, -0.15) is 9.61 Å². The Balaban J connectivity index is 1.34. The number of anilines is 2. The molecule has 176 valence electrons. The normalized spacial score (nSPS) is 13.9. The lowest BCUT2D eigenvalue weighted by molar-refractivity contribution is 0.0748. The molecule has 1 saturated heterocycles. The monoisotopic (exact) mass is 470 g/mol. The summed E-state index contributed by atoms with van der Waals surface area (Å²) in [6, 6.07) is 10.3. The first-order chi connectivity index (χ1) is 15.9. The first-order valence-corrected chi connectivity index (χ1v) is 11.9. The molecule has 0 aliphatic carbocycles. The number of carbonyl (C=O) groups is 1. The minimum Gasteiger partial charge on any atom is -0.449 e. The van der Waals surface area contributed by atoms with Crippen LogP contribution in [-0.4, -0.2) is 51.3 Å². The van der Waals surface area contributed by atoms with Crippen molar-refractivity contribution in [2.45, 2.75) is 52.1 Å². The Labute approximate surface area is 199 Å². The molecule has 0 unspecified atom stereocenters. The molecule has 1 amide bonds. The zero-order valence-corrected chi connectivity index (χ0v) is 20.1. The van der Waals surface area contributed by atoms with Gasteiger partial charge < -0.3 is 20.3 Å². The number of ether oxygens (including phenoxy) is 1. The van der Waals surface area contributed by atoms with E-state index in [0.717, 1.165) is 41.1 Å². The van der Waals surface area contributed by atoms with Crippen LogP contribution in [0.3, 0.4) is 0 Å². The van der Waals surface area contributed by atoms with E-state index >= 15 is 0 Å². The van der Waals surface area contributed by atoms with Crippen molar-refractivity contribution in [1.29, 1.82) is 0 Å². The number of halogens is 1. The molecule has 0 bridgehead atoms. The molecule has 0 atom stereocenters. The minimum atomic E-state index is -0.221. The molecule has 1 aliphatic heterocycles. The van der Waals surface area contributed by atoms with Gasteiger partial charge >= 0.3 is 6.09 Å². The Morgan fingerprint density at radius 2 is 2.12 bits per heavy atom. The lowest BCUT2D eigenvalue weighted by Gasteiger charge is -2.39. The van der Waals surface area contributed by atoms with Crippen LogP contribution in [0.25, 0.3) is 5.65 Å². The minimum absolute atomic E-state index is 0.221. The maximum Gasteiger partial charge on any atom is 0.409 e. The van der Waals surface area contributed by atoms with Gasteiger partial charge in [0.15, 0.2) is 5.65 Å². The number of amides is 1. The van der Waals surface area contributed by atoms with Crippen LogP contribution in [-0.2, 0) is 11.3 Å². The van der Waals surface area contributed by atoms with Gasteiger partial charge in [-0.05, 0) is 30.0 Å². The van der Waals surface area contributed by atoms with Gasteiger partial charge in [-0.25, -0.2) is 9.78 Å². The molecule has 2 N–H and O–H groups in total. The van der Waals surface area contributed by atoms with Crippen LogP contribution in [0.2, 0.25) is 5.15 Å². The fourth-order valence-electron chi connectivity index (χ4n) is 3.80. The molecule has 9 heteroatoms. The summed E-state index contributed by atoms with van der Waals surface area (Å²) < 4.78 is 7.06. The van der Waals surface area contributed by atoms with Crippen LogP contribution >= 0.6 is 11.6 Å². The Hall–Kier alpha value is -3.00. The molecular weight excluding hydrogens is 440 g/mol. The number of nitrogens with one attached hydrogen (secondary N) is 2. The third-order valence-electron chi connectivity index (χ3n) is 5.72. The van der Waals surface area contributed by atoms with Gasteiger partial charge in [-0.15, -0.1) is 0 Å².